The molecule has 7 heteroatoms. The molecule has 0 bridgehead atoms. The van der Waals surface area contributed by atoms with Gasteiger partial charge in [0.1, 0.15) is 17.6 Å². The average molecular weight is 373 g/mol. The first kappa shape index (κ1) is 24.4. The van der Waals surface area contributed by atoms with Gasteiger partial charge in [0.05, 0.1) is 6.04 Å². The summed E-state index contributed by atoms with van der Waals surface area (Å²) in [6.45, 7) is 13.3. The van der Waals surface area contributed by atoms with Gasteiger partial charge in [0.15, 0.2) is 5.78 Å². The molecule has 0 heterocycles. The Hall–Kier alpha value is -1.63. The van der Waals surface area contributed by atoms with Gasteiger partial charge < -0.3 is 19.5 Å². The maximum Gasteiger partial charge on any atom is 0.408 e. The molecular formula is C19H35NO6. The summed E-state index contributed by atoms with van der Waals surface area (Å²) in [5.41, 5.74) is -1.35. The Kier molecular flexibility index (Phi) is 10.5. The molecule has 0 aliphatic carbocycles. The third-order valence-electron chi connectivity index (χ3n) is 3.01. The van der Waals surface area contributed by atoms with Crippen molar-refractivity contribution in [1.29, 1.82) is 0 Å². The first-order valence-electron chi connectivity index (χ1n) is 9.16. The lowest BCUT2D eigenvalue weighted by molar-refractivity contribution is -0.156. The zero-order valence-corrected chi connectivity index (χ0v) is 17.3. The fourth-order valence-corrected chi connectivity index (χ4v) is 1.96. The number of rotatable bonds is 10. The summed E-state index contributed by atoms with van der Waals surface area (Å²) in [5.74, 6) is -1.05. The number of amides is 1. The molecule has 0 aromatic rings. The third kappa shape index (κ3) is 13.6. The molecule has 0 rings (SSSR count). The van der Waals surface area contributed by atoms with Crippen LogP contribution in [-0.2, 0) is 23.8 Å². The molecule has 1 atom stereocenters. The van der Waals surface area contributed by atoms with E-state index in [4.69, 9.17) is 14.2 Å². The summed E-state index contributed by atoms with van der Waals surface area (Å²) in [4.78, 5) is 36.3. The van der Waals surface area contributed by atoms with Crippen LogP contribution in [0.25, 0.3) is 0 Å². The topological polar surface area (TPSA) is 90.9 Å². The lowest BCUT2D eigenvalue weighted by atomic mass is 10.1. The van der Waals surface area contributed by atoms with Crippen molar-refractivity contribution in [3.05, 3.63) is 0 Å². The van der Waals surface area contributed by atoms with Crippen molar-refractivity contribution in [3.8, 4) is 0 Å². The van der Waals surface area contributed by atoms with E-state index < -0.39 is 41.5 Å². The number of hydrogen-bond acceptors (Lipinski definition) is 6. The molecule has 0 aromatic heterocycles. The lowest BCUT2D eigenvalue weighted by Gasteiger charge is -2.24. The van der Waals surface area contributed by atoms with Crippen molar-refractivity contribution in [1.82, 2.24) is 5.32 Å². The Labute approximate surface area is 157 Å². The molecule has 0 fully saturated rings. The van der Waals surface area contributed by atoms with Crippen LogP contribution in [0.1, 0.15) is 74.1 Å². The van der Waals surface area contributed by atoms with E-state index >= 15 is 0 Å². The summed E-state index contributed by atoms with van der Waals surface area (Å²) < 4.78 is 15.8. The standard InChI is InChI=1S/C19H35NO6/c1-8-9-11-24-12-10-14(20-17(23)26-19(5,6)7)15(21)13-16(22)25-18(2,3)4/h14H,8-13H2,1-7H3,(H,20,23)/t14-/m1/s1. The molecule has 0 saturated carbocycles. The molecule has 0 unspecified atom stereocenters. The first-order chi connectivity index (χ1) is 11.8. The number of carbonyl (C=O) groups is 3. The summed E-state index contributed by atoms with van der Waals surface area (Å²) >= 11 is 0. The number of unbranched alkanes of at least 4 members (excludes halogenated alkanes) is 1. The fourth-order valence-electron chi connectivity index (χ4n) is 1.96. The van der Waals surface area contributed by atoms with Crippen molar-refractivity contribution < 1.29 is 28.6 Å². The Morgan fingerprint density at radius 2 is 1.50 bits per heavy atom. The molecule has 0 aliphatic heterocycles. The van der Waals surface area contributed by atoms with Gasteiger partial charge >= 0.3 is 12.1 Å². The third-order valence-corrected chi connectivity index (χ3v) is 3.01. The largest absolute Gasteiger partial charge is 0.460 e. The highest BCUT2D eigenvalue weighted by atomic mass is 16.6. The van der Waals surface area contributed by atoms with Gasteiger partial charge in [-0.1, -0.05) is 13.3 Å². The van der Waals surface area contributed by atoms with E-state index in [-0.39, 0.29) is 6.42 Å². The number of hydrogen-bond donors (Lipinski definition) is 1. The van der Waals surface area contributed by atoms with Gasteiger partial charge in [-0.3, -0.25) is 9.59 Å². The minimum atomic E-state index is -0.862. The number of alkyl carbamates (subject to hydrolysis) is 1. The number of Topliss-reactive ketones (excluding diaryl/α,β-unsaturated/α-hetero) is 1. The van der Waals surface area contributed by atoms with Crippen LogP contribution in [0, 0.1) is 0 Å². The highest BCUT2D eigenvalue weighted by Gasteiger charge is 2.27. The van der Waals surface area contributed by atoms with Crippen LogP contribution < -0.4 is 5.32 Å². The fraction of sp³-hybridized carbons (Fsp3) is 0.842. The summed E-state index contributed by atoms with van der Waals surface area (Å²) in [7, 11) is 0. The number of carbonyl (C=O) groups excluding carboxylic acids is 3. The Morgan fingerprint density at radius 3 is 2.00 bits per heavy atom. The number of ketones is 1. The van der Waals surface area contributed by atoms with Crippen LogP contribution in [0.5, 0.6) is 0 Å². The van der Waals surface area contributed by atoms with Crippen LogP contribution in [-0.4, -0.2) is 48.3 Å². The Balaban J connectivity index is 4.75. The molecule has 0 spiro atoms. The molecular weight excluding hydrogens is 338 g/mol. The molecule has 7 nitrogen and oxygen atoms in total. The van der Waals surface area contributed by atoms with Gasteiger partial charge in [0.25, 0.3) is 0 Å². The van der Waals surface area contributed by atoms with Crippen LogP contribution >= 0.6 is 0 Å². The van der Waals surface area contributed by atoms with Crippen LogP contribution in [0.4, 0.5) is 4.79 Å². The van der Waals surface area contributed by atoms with E-state index in [1.807, 2.05) is 0 Å². The second-order valence-electron chi connectivity index (χ2n) is 8.18. The zero-order valence-electron chi connectivity index (χ0n) is 17.3. The highest BCUT2D eigenvalue weighted by molar-refractivity contribution is 5.99. The summed E-state index contributed by atoms with van der Waals surface area (Å²) in [6, 6.07) is -0.862. The van der Waals surface area contributed by atoms with Gasteiger partial charge in [-0.2, -0.15) is 0 Å². The van der Waals surface area contributed by atoms with Crippen molar-refractivity contribution in [3.63, 3.8) is 0 Å². The van der Waals surface area contributed by atoms with Crippen molar-refractivity contribution in [2.45, 2.75) is 91.4 Å². The van der Waals surface area contributed by atoms with Crippen molar-refractivity contribution in [2.24, 2.45) is 0 Å². The maximum absolute atomic E-state index is 12.4. The first-order valence-corrected chi connectivity index (χ1v) is 9.16. The van der Waals surface area contributed by atoms with E-state index in [1.165, 1.54) is 0 Å². The molecule has 26 heavy (non-hydrogen) atoms. The zero-order chi connectivity index (χ0) is 20.4. The van der Waals surface area contributed by atoms with Crippen molar-refractivity contribution >= 4 is 17.8 Å². The summed E-state index contributed by atoms with van der Waals surface area (Å²) in [6.07, 6.45) is 1.10. The molecule has 0 radical (unpaired) electrons. The Bertz CT molecular complexity index is 462. The van der Waals surface area contributed by atoms with E-state index in [2.05, 4.69) is 12.2 Å². The average Bonchev–Trinajstić information content (AvgIpc) is 2.41. The van der Waals surface area contributed by atoms with Gasteiger partial charge in [0.2, 0.25) is 0 Å². The smallest absolute Gasteiger partial charge is 0.408 e. The van der Waals surface area contributed by atoms with E-state index in [0.717, 1.165) is 12.8 Å². The van der Waals surface area contributed by atoms with Crippen molar-refractivity contribution in [2.75, 3.05) is 13.2 Å². The second-order valence-corrected chi connectivity index (χ2v) is 8.18. The Morgan fingerprint density at radius 1 is 0.923 bits per heavy atom. The molecule has 152 valence electrons. The maximum atomic E-state index is 12.4. The molecule has 0 aliphatic rings. The molecule has 1 N–H and O–H groups in total. The summed E-state index contributed by atoms with van der Waals surface area (Å²) in [5, 5.41) is 2.53. The van der Waals surface area contributed by atoms with Crippen LogP contribution in [0.15, 0.2) is 0 Å². The normalized spacial score (nSPS) is 13.0. The minimum absolute atomic E-state index is 0.268. The van der Waals surface area contributed by atoms with Crippen LogP contribution in [0.3, 0.4) is 0 Å². The molecule has 0 saturated heterocycles. The van der Waals surface area contributed by atoms with E-state index in [9.17, 15) is 14.4 Å². The highest BCUT2D eigenvalue weighted by Crippen LogP contribution is 2.11. The second kappa shape index (κ2) is 11.2. The van der Waals surface area contributed by atoms with Gasteiger partial charge in [-0.15, -0.1) is 0 Å². The predicted octanol–water partition coefficient (Wildman–Crippen LogP) is 3.39. The predicted molar refractivity (Wildman–Crippen MR) is 99.0 cm³/mol. The van der Waals surface area contributed by atoms with Crippen LogP contribution in [0.2, 0.25) is 0 Å². The quantitative estimate of drug-likeness (QED) is 0.359. The molecule has 0 aromatic carbocycles. The SMILES string of the molecule is CCCCOCC[C@@H](NC(=O)OC(C)(C)C)C(=O)CC(=O)OC(C)(C)C. The molecule has 1 amide bonds. The van der Waals surface area contributed by atoms with Gasteiger partial charge in [-0.25, -0.2) is 4.79 Å². The monoisotopic (exact) mass is 373 g/mol. The van der Waals surface area contributed by atoms with Gasteiger partial charge in [-0.05, 0) is 54.4 Å². The van der Waals surface area contributed by atoms with Gasteiger partial charge in [0, 0.05) is 13.2 Å². The number of esters is 1. The number of nitrogens with one attached hydrogen (secondary N) is 1. The van der Waals surface area contributed by atoms with E-state index in [0.29, 0.717) is 13.2 Å². The lowest BCUT2D eigenvalue weighted by Crippen LogP contribution is -2.45. The van der Waals surface area contributed by atoms with E-state index in [1.54, 1.807) is 41.5 Å². The number of ether oxygens (including phenoxy) is 3. The minimum Gasteiger partial charge on any atom is -0.460 e.